The van der Waals surface area contributed by atoms with Gasteiger partial charge in [-0.2, -0.15) is 0 Å². The van der Waals surface area contributed by atoms with Gasteiger partial charge in [0.2, 0.25) is 0 Å². The van der Waals surface area contributed by atoms with Crippen LogP contribution in [0, 0.1) is 0 Å². The van der Waals surface area contributed by atoms with Crippen LogP contribution in [0.5, 0.6) is 0 Å². The predicted octanol–water partition coefficient (Wildman–Crippen LogP) is -1.22. The molecule has 0 rings (SSSR count). The number of hydrogen-bond donors (Lipinski definition) is 3. The fourth-order valence-corrected chi connectivity index (χ4v) is 0.206. The van der Waals surface area contributed by atoms with Gasteiger partial charge in [-0.05, 0) is 6.92 Å². The zero-order valence-electron chi connectivity index (χ0n) is 5.46. The molecule has 0 aliphatic carbocycles. The topological polar surface area (TPSA) is 83.6 Å². The summed E-state index contributed by atoms with van der Waals surface area (Å²) in [7, 11) is 0. The van der Waals surface area contributed by atoms with Crippen molar-refractivity contribution in [3.05, 3.63) is 0 Å². The highest BCUT2D eigenvalue weighted by Gasteiger charge is 2.16. The van der Waals surface area contributed by atoms with Gasteiger partial charge in [0.05, 0.1) is 6.10 Å². The maximum atomic E-state index is 10.0. The van der Waals surface area contributed by atoms with Gasteiger partial charge < -0.3 is 15.9 Å². The van der Waals surface area contributed by atoms with Crippen LogP contribution in [0.2, 0.25) is 1.41 Å². The van der Waals surface area contributed by atoms with Crippen LogP contribution in [0.1, 0.15) is 6.92 Å². The minimum absolute atomic E-state index is 1.04. The van der Waals surface area contributed by atoms with Crippen molar-refractivity contribution in [2.75, 3.05) is 0 Å². The molecule has 0 bridgehead atoms. The van der Waals surface area contributed by atoms with Gasteiger partial charge in [-0.3, -0.25) is 4.79 Å². The van der Waals surface area contributed by atoms with Gasteiger partial charge in [-0.25, -0.2) is 0 Å². The second-order valence-corrected chi connectivity index (χ2v) is 1.56. The van der Waals surface area contributed by atoms with Crippen LogP contribution in [0.25, 0.3) is 0 Å². The van der Waals surface area contributed by atoms with Crippen molar-refractivity contribution in [1.82, 2.24) is 0 Å². The summed E-state index contributed by atoms with van der Waals surface area (Å²) in [6.45, 7) is 1.31. The fraction of sp³-hybridized carbons (Fsp3) is 0.750. The van der Waals surface area contributed by atoms with Crippen LogP contribution in [0.4, 0.5) is 0 Å². The third kappa shape index (κ3) is 1.90. The quantitative estimate of drug-likeness (QED) is 0.436. The molecule has 0 amide bonds. The van der Waals surface area contributed by atoms with Crippen LogP contribution in [0.3, 0.4) is 0 Å². The van der Waals surface area contributed by atoms with Crippen LogP contribution >= 0.6 is 0 Å². The number of aliphatic hydroxyl groups is 1. The van der Waals surface area contributed by atoms with E-state index in [9.17, 15) is 4.79 Å². The average Bonchev–Trinajstić information content (AvgIpc) is 1.64. The lowest BCUT2D eigenvalue weighted by Crippen LogP contribution is -2.39. The molecular formula is C4H9NO3. The average molecular weight is 120 g/mol. The predicted molar refractivity (Wildman–Crippen MR) is 27.3 cm³/mol. The highest BCUT2D eigenvalue weighted by molar-refractivity contribution is 5.73. The van der Waals surface area contributed by atoms with Crippen LogP contribution < -0.4 is 5.73 Å². The van der Waals surface area contributed by atoms with Crippen molar-refractivity contribution < 1.29 is 16.4 Å². The molecule has 8 heavy (non-hydrogen) atoms. The Labute approximate surface area is 48.4 Å². The standard InChI is InChI=1S/C4H9NO3/c1-2(6)3(5)4(7)8/h2-3,6H,5H2,1H3,(H,7,8)/t2?,3-/m0/s1/i/hD. The minimum Gasteiger partial charge on any atom is -0.480 e. The maximum absolute atomic E-state index is 10.0. The van der Waals surface area contributed by atoms with Crippen molar-refractivity contribution in [3.8, 4) is 0 Å². The van der Waals surface area contributed by atoms with Gasteiger partial charge in [-0.1, -0.05) is 0 Å². The van der Waals surface area contributed by atoms with E-state index in [1.165, 1.54) is 6.92 Å². The Morgan fingerprint density at radius 3 is 2.50 bits per heavy atom. The van der Waals surface area contributed by atoms with Crippen molar-refractivity contribution in [2.24, 2.45) is 5.73 Å². The lowest BCUT2D eigenvalue weighted by molar-refractivity contribution is -0.140. The van der Waals surface area contributed by atoms with E-state index in [1.807, 2.05) is 0 Å². The fourth-order valence-electron chi connectivity index (χ4n) is 0.206. The highest BCUT2D eigenvalue weighted by Crippen LogP contribution is 1.85. The summed E-state index contributed by atoms with van der Waals surface area (Å²) < 4.78 is 6.43. The SMILES string of the molecule is [2H]N[C@H](C(=O)O)C(C)O. The number of carboxylic acid groups (broad SMARTS) is 1. The van der Waals surface area contributed by atoms with Gasteiger partial charge in [0.15, 0.2) is 0 Å². The highest BCUT2D eigenvalue weighted by atomic mass is 16.4. The van der Waals surface area contributed by atoms with E-state index in [1.54, 1.807) is 5.73 Å². The number of aliphatic carboxylic acids is 1. The molecule has 0 saturated heterocycles. The van der Waals surface area contributed by atoms with Crippen molar-refractivity contribution in [3.63, 3.8) is 0 Å². The first-order chi connectivity index (χ1) is 4.09. The summed E-state index contributed by atoms with van der Waals surface area (Å²) >= 11 is 0. The number of hydrogen-bond acceptors (Lipinski definition) is 3. The first-order valence-corrected chi connectivity index (χ1v) is 2.17. The van der Waals surface area contributed by atoms with Crippen LogP contribution in [0.15, 0.2) is 0 Å². The second kappa shape index (κ2) is 2.64. The minimum atomic E-state index is -1.22. The van der Waals surface area contributed by atoms with E-state index in [2.05, 4.69) is 0 Å². The Hall–Kier alpha value is -0.610. The van der Waals surface area contributed by atoms with E-state index >= 15 is 0 Å². The molecule has 4 heteroatoms. The first-order valence-electron chi connectivity index (χ1n) is 2.67. The van der Waals surface area contributed by atoms with Gasteiger partial charge in [0, 0.05) is 0 Å². The maximum Gasteiger partial charge on any atom is 0.323 e. The monoisotopic (exact) mass is 120 g/mol. The second-order valence-electron chi connectivity index (χ2n) is 1.56. The molecule has 2 atom stereocenters. The van der Waals surface area contributed by atoms with Gasteiger partial charge in [0.25, 0.3) is 0 Å². The summed E-state index contributed by atoms with van der Waals surface area (Å²) in [6, 6.07) is -1.19. The largest absolute Gasteiger partial charge is 0.480 e. The molecule has 0 aromatic rings. The smallest absolute Gasteiger partial charge is 0.323 e. The number of rotatable bonds is 3. The van der Waals surface area contributed by atoms with E-state index in [0.717, 1.165) is 0 Å². The molecule has 0 aromatic heterocycles. The lowest BCUT2D eigenvalue weighted by atomic mass is 10.2. The van der Waals surface area contributed by atoms with Gasteiger partial charge >= 0.3 is 5.97 Å². The van der Waals surface area contributed by atoms with E-state index < -0.39 is 18.1 Å². The van der Waals surface area contributed by atoms with Gasteiger partial charge in [-0.15, -0.1) is 0 Å². The molecule has 0 radical (unpaired) electrons. The summed E-state index contributed by atoms with van der Waals surface area (Å²) in [4.78, 5) is 10.0. The van der Waals surface area contributed by atoms with Gasteiger partial charge in [0.1, 0.15) is 7.45 Å². The summed E-state index contributed by atoms with van der Waals surface area (Å²) in [6.07, 6.45) is -1.04. The molecular weight excluding hydrogens is 110 g/mol. The molecule has 0 aromatic carbocycles. The summed E-state index contributed by atoms with van der Waals surface area (Å²) in [5.74, 6) is -1.22. The van der Waals surface area contributed by atoms with Crippen molar-refractivity contribution in [1.29, 1.82) is 0 Å². The summed E-state index contributed by atoms with van der Waals surface area (Å²) in [5, 5.41) is 16.8. The molecule has 0 heterocycles. The molecule has 4 N–H and O–H groups in total. The molecule has 0 aliphatic heterocycles. The van der Waals surface area contributed by atoms with Crippen molar-refractivity contribution >= 4 is 5.97 Å². The summed E-state index contributed by atoms with van der Waals surface area (Å²) in [5.41, 5.74) is 1.70. The zero-order valence-corrected chi connectivity index (χ0v) is 4.46. The molecule has 0 saturated carbocycles. The molecule has 48 valence electrons. The Balaban J connectivity index is 3.83. The molecule has 0 aliphatic rings. The lowest BCUT2D eigenvalue weighted by Gasteiger charge is -2.06. The third-order valence-corrected chi connectivity index (χ3v) is 0.748. The Bertz CT molecular complexity index is 106. The third-order valence-electron chi connectivity index (χ3n) is 0.748. The Kier molecular flexibility index (Phi) is 1.82. The Morgan fingerprint density at radius 2 is 2.50 bits per heavy atom. The normalized spacial score (nSPS) is 19.0. The molecule has 4 nitrogen and oxygen atoms in total. The first kappa shape index (κ1) is 5.53. The van der Waals surface area contributed by atoms with Crippen LogP contribution in [-0.4, -0.2) is 28.3 Å². The molecule has 0 fully saturated rings. The number of carbonyl (C=O) groups is 1. The number of aliphatic hydroxyl groups excluding tert-OH is 1. The number of nitrogens with two attached hydrogens (primary N) is 1. The van der Waals surface area contributed by atoms with Crippen molar-refractivity contribution in [2.45, 2.75) is 19.1 Å². The molecule has 1 unspecified atom stereocenters. The number of carboxylic acids is 1. The zero-order chi connectivity index (χ0) is 7.44. The van der Waals surface area contributed by atoms with E-state index in [4.69, 9.17) is 11.6 Å². The molecule has 0 spiro atoms. The van der Waals surface area contributed by atoms with E-state index in [0.29, 0.717) is 0 Å². The Morgan fingerprint density at radius 1 is 2.00 bits per heavy atom. The van der Waals surface area contributed by atoms with Crippen LogP contribution in [-0.2, 0) is 4.79 Å². The van der Waals surface area contributed by atoms with E-state index in [-0.39, 0.29) is 0 Å².